The molecule has 5 rings (SSSR count). The Balaban J connectivity index is 1.19. The maximum atomic E-state index is 14.3. The van der Waals surface area contributed by atoms with Crippen LogP contribution in [0.15, 0.2) is 52.2 Å². The summed E-state index contributed by atoms with van der Waals surface area (Å²) in [6.45, 7) is 3.70. The minimum Gasteiger partial charge on any atom is -0.425 e. The number of hydrogen-bond donors (Lipinski definition) is 1. The molecule has 2 aromatic heterocycles. The van der Waals surface area contributed by atoms with Crippen molar-refractivity contribution in [3.8, 4) is 0 Å². The quantitative estimate of drug-likeness (QED) is 0.299. The summed E-state index contributed by atoms with van der Waals surface area (Å²) in [5.41, 5.74) is -0.760. The molecule has 8 nitrogen and oxygen atoms in total. The molecule has 1 aromatic carbocycles. The number of alkyl halides is 3. The Morgan fingerprint density at radius 3 is 2.43 bits per heavy atom. The minimum atomic E-state index is -4.84. The monoisotopic (exact) mass is 605 g/mol. The van der Waals surface area contributed by atoms with Crippen molar-refractivity contribution in [1.82, 2.24) is 14.9 Å². The lowest BCUT2D eigenvalue weighted by atomic mass is 9.94. The highest BCUT2D eigenvalue weighted by Crippen LogP contribution is 2.39. The second-order valence-corrected chi connectivity index (χ2v) is 11.6. The fourth-order valence-corrected chi connectivity index (χ4v) is 6.47. The number of nitrogens with one attached hydrogen (secondary N) is 1. The van der Waals surface area contributed by atoms with E-state index in [1.807, 2.05) is 11.8 Å². The molecule has 1 aliphatic heterocycles. The highest BCUT2D eigenvalue weighted by Gasteiger charge is 2.41. The number of nitrogens with zero attached hydrogens (tertiary/aromatic N) is 4. The van der Waals surface area contributed by atoms with E-state index in [2.05, 4.69) is 15.3 Å². The Bertz CT molecular complexity index is 1400. The lowest BCUT2D eigenvalue weighted by molar-refractivity contribution is -0.141. The van der Waals surface area contributed by atoms with Gasteiger partial charge in [-0.25, -0.2) is 9.37 Å². The number of pyridine rings is 1. The third kappa shape index (κ3) is 6.71. The summed E-state index contributed by atoms with van der Waals surface area (Å²) in [6.07, 6.45) is 0.732. The zero-order valence-corrected chi connectivity index (χ0v) is 23.8. The van der Waals surface area contributed by atoms with Gasteiger partial charge < -0.3 is 19.5 Å². The van der Waals surface area contributed by atoms with Crippen molar-refractivity contribution in [3.63, 3.8) is 0 Å². The second kappa shape index (κ2) is 12.7. The van der Waals surface area contributed by atoms with Crippen LogP contribution < -0.4 is 10.2 Å². The van der Waals surface area contributed by atoms with Gasteiger partial charge in [-0.3, -0.25) is 9.59 Å². The molecule has 1 atom stereocenters. The Kier molecular flexibility index (Phi) is 9.05. The highest BCUT2D eigenvalue weighted by molar-refractivity contribution is 7.99. The van der Waals surface area contributed by atoms with Crippen LogP contribution >= 0.6 is 11.8 Å². The van der Waals surface area contributed by atoms with E-state index in [1.54, 1.807) is 35.2 Å². The number of aromatic nitrogens is 2. The van der Waals surface area contributed by atoms with Crippen LogP contribution in [0.25, 0.3) is 0 Å². The predicted molar refractivity (Wildman–Crippen MR) is 150 cm³/mol. The Hall–Kier alpha value is -3.61. The van der Waals surface area contributed by atoms with Crippen molar-refractivity contribution >= 4 is 35.1 Å². The summed E-state index contributed by atoms with van der Waals surface area (Å²) in [5.74, 6) is -2.42. The molecule has 224 valence electrons. The standard InChI is InChI=1S/C29H31F4N5O3S/c1-2-20(21-9-5-6-10-22(21)30)27(40)38-15-13-37(14-16-38)23-12-11-18(17-34-23)35-26(39)24-25(29(31,32)33)36-28(41-24)42-19-7-3-4-8-19/h5-6,9-12,17,19-20H,2-4,7-8,13-16H2,1H3,(H,35,39). The molecule has 1 saturated heterocycles. The summed E-state index contributed by atoms with van der Waals surface area (Å²) in [4.78, 5) is 37.6. The van der Waals surface area contributed by atoms with Gasteiger partial charge in [0, 0.05) is 37.0 Å². The molecule has 1 N–H and O–H groups in total. The number of rotatable bonds is 8. The van der Waals surface area contributed by atoms with Crippen LogP contribution in [-0.2, 0) is 11.0 Å². The number of carbonyl (C=O) groups excluding carboxylic acids is 2. The van der Waals surface area contributed by atoms with Crippen LogP contribution in [0, 0.1) is 5.82 Å². The van der Waals surface area contributed by atoms with E-state index in [0.717, 1.165) is 37.4 Å². The van der Waals surface area contributed by atoms with E-state index < -0.39 is 35.3 Å². The van der Waals surface area contributed by atoms with Gasteiger partial charge in [0.1, 0.15) is 11.6 Å². The Labute approximate surface area is 244 Å². The molecule has 0 radical (unpaired) electrons. The van der Waals surface area contributed by atoms with Gasteiger partial charge in [-0.15, -0.1) is 0 Å². The normalized spacial score (nSPS) is 17.0. The van der Waals surface area contributed by atoms with Gasteiger partial charge in [0.25, 0.3) is 11.1 Å². The van der Waals surface area contributed by atoms with Crippen molar-refractivity contribution in [3.05, 3.63) is 65.4 Å². The Morgan fingerprint density at radius 2 is 1.81 bits per heavy atom. The molecular formula is C29H31F4N5O3S. The Morgan fingerprint density at radius 1 is 1.10 bits per heavy atom. The molecule has 3 heterocycles. The number of carbonyl (C=O) groups is 2. The van der Waals surface area contributed by atoms with Gasteiger partial charge in [0.05, 0.1) is 17.8 Å². The number of thioether (sulfide) groups is 1. The van der Waals surface area contributed by atoms with Gasteiger partial charge in [-0.1, -0.05) is 49.7 Å². The fourth-order valence-electron chi connectivity index (χ4n) is 5.34. The summed E-state index contributed by atoms with van der Waals surface area (Å²) in [5, 5.41) is 2.38. The SMILES string of the molecule is CCC(C(=O)N1CCN(c2ccc(NC(=O)c3oc(SC4CCCC4)nc3C(F)(F)F)cn2)CC1)c1ccccc1F. The molecule has 1 unspecified atom stereocenters. The average Bonchev–Trinajstić information content (AvgIpc) is 3.65. The zero-order valence-electron chi connectivity index (χ0n) is 23.0. The molecule has 2 amide bonds. The second-order valence-electron chi connectivity index (χ2n) is 10.3. The smallest absolute Gasteiger partial charge is 0.425 e. The van der Waals surface area contributed by atoms with Crippen molar-refractivity contribution in [2.45, 2.75) is 61.6 Å². The van der Waals surface area contributed by atoms with Crippen LogP contribution in [0.3, 0.4) is 0 Å². The molecule has 13 heteroatoms. The molecule has 3 aromatic rings. The topological polar surface area (TPSA) is 91.6 Å². The third-order valence-electron chi connectivity index (χ3n) is 7.56. The first-order valence-electron chi connectivity index (χ1n) is 13.9. The van der Waals surface area contributed by atoms with Crippen molar-refractivity contribution in [1.29, 1.82) is 0 Å². The largest absolute Gasteiger partial charge is 0.437 e. The number of amides is 2. The number of anilines is 2. The molecule has 0 spiro atoms. The highest BCUT2D eigenvalue weighted by atomic mass is 32.2. The van der Waals surface area contributed by atoms with Crippen LogP contribution in [-0.4, -0.2) is 58.1 Å². The maximum Gasteiger partial charge on any atom is 0.437 e. The van der Waals surface area contributed by atoms with Gasteiger partial charge in [0.2, 0.25) is 11.7 Å². The minimum absolute atomic E-state index is 0.122. The molecule has 42 heavy (non-hydrogen) atoms. The number of oxazole rings is 1. The lowest BCUT2D eigenvalue weighted by Crippen LogP contribution is -2.50. The van der Waals surface area contributed by atoms with E-state index in [4.69, 9.17) is 4.42 Å². The molecule has 2 fully saturated rings. The van der Waals surface area contributed by atoms with E-state index >= 15 is 0 Å². The van der Waals surface area contributed by atoms with Crippen LogP contribution in [0.2, 0.25) is 0 Å². The first kappa shape index (κ1) is 29.9. The molecule has 1 aliphatic carbocycles. The predicted octanol–water partition coefficient (Wildman–Crippen LogP) is 6.36. The van der Waals surface area contributed by atoms with Crippen molar-refractivity contribution in [2.24, 2.45) is 0 Å². The summed E-state index contributed by atoms with van der Waals surface area (Å²) in [7, 11) is 0. The molecule has 1 saturated carbocycles. The zero-order chi connectivity index (χ0) is 29.9. The lowest BCUT2D eigenvalue weighted by Gasteiger charge is -2.37. The third-order valence-corrected chi connectivity index (χ3v) is 8.74. The molecule has 2 aliphatic rings. The van der Waals surface area contributed by atoms with Gasteiger partial charge in [-0.2, -0.15) is 18.2 Å². The first-order chi connectivity index (χ1) is 20.1. The summed E-state index contributed by atoms with van der Waals surface area (Å²) in [6, 6.07) is 9.50. The maximum absolute atomic E-state index is 14.3. The average molecular weight is 606 g/mol. The van der Waals surface area contributed by atoms with Crippen molar-refractivity contribution < 1.29 is 31.6 Å². The number of piperazine rings is 1. The number of benzene rings is 1. The van der Waals surface area contributed by atoms with E-state index in [0.29, 0.717) is 44.0 Å². The molecular weight excluding hydrogens is 574 g/mol. The van der Waals surface area contributed by atoms with E-state index in [-0.39, 0.29) is 22.1 Å². The van der Waals surface area contributed by atoms with Gasteiger partial charge >= 0.3 is 6.18 Å². The van der Waals surface area contributed by atoms with Crippen molar-refractivity contribution in [2.75, 3.05) is 36.4 Å². The molecule has 0 bridgehead atoms. The first-order valence-corrected chi connectivity index (χ1v) is 14.8. The van der Waals surface area contributed by atoms with Gasteiger partial charge in [0.15, 0.2) is 5.69 Å². The van der Waals surface area contributed by atoms with Crippen LogP contribution in [0.5, 0.6) is 0 Å². The van der Waals surface area contributed by atoms with Gasteiger partial charge in [-0.05, 0) is 37.5 Å². The van der Waals surface area contributed by atoms with E-state index in [9.17, 15) is 27.2 Å². The summed E-state index contributed by atoms with van der Waals surface area (Å²) >= 11 is 1.13. The fraction of sp³-hybridized carbons (Fsp3) is 0.448. The van der Waals surface area contributed by atoms with E-state index in [1.165, 1.54) is 12.3 Å². The number of hydrogen-bond acceptors (Lipinski definition) is 7. The van der Waals surface area contributed by atoms with Crippen LogP contribution in [0.1, 0.15) is 66.8 Å². The summed E-state index contributed by atoms with van der Waals surface area (Å²) < 4.78 is 60.4. The number of halogens is 4. The van der Waals surface area contributed by atoms with Crippen LogP contribution in [0.4, 0.5) is 29.1 Å².